The summed E-state index contributed by atoms with van der Waals surface area (Å²) in [6.07, 6.45) is 1.11. The van der Waals surface area contributed by atoms with Gasteiger partial charge >= 0.3 is 0 Å². The van der Waals surface area contributed by atoms with Gasteiger partial charge in [-0.15, -0.1) is 0 Å². The normalized spacial score (nSPS) is 12.2. The number of carbonyl (C=O) groups excluding carboxylic acids is 1. The second-order valence-electron chi connectivity index (χ2n) is 6.39. The van der Waals surface area contributed by atoms with Gasteiger partial charge in [0.15, 0.2) is 0 Å². The quantitative estimate of drug-likeness (QED) is 0.786. The van der Waals surface area contributed by atoms with E-state index < -0.39 is 0 Å². The minimum absolute atomic E-state index is 0.0395. The summed E-state index contributed by atoms with van der Waals surface area (Å²) in [5.41, 5.74) is 3.85. The number of nitrogens with one attached hydrogen (secondary N) is 1. The maximum Gasteiger partial charge on any atom is 0.255 e. The highest BCUT2D eigenvalue weighted by Crippen LogP contribution is 2.29. The number of amides is 1. The molecule has 2 rings (SSSR count). The standard InChI is InChI=1S/C20H25NO/c1-14(2)13-16(4)17-10-7-8-12-19(17)21-20(22)18-11-6-5-9-15(18)3/h5-12,14,16H,13H2,1-4H3,(H,21,22). The lowest BCUT2D eigenvalue weighted by Crippen LogP contribution is -2.15. The molecule has 2 heteroatoms. The lowest BCUT2D eigenvalue weighted by Gasteiger charge is -2.19. The topological polar surface area (TPSA) is 29.1 Å². The van der Waals surface area contributed by atoms with Gasteiger partial charge in [0.25, 0.3) is 5.91 Å². The van der Waals surface area contributed by atoms with Crippen molar-refractivity contribution in [2.45, 2.75) is 40.0 Å². The zero-order valence-electron chi connectivity index (χ0n) is 13.9. The Morgan fingerprint density at radius 2 is 1.64 bits per heavy atom. The summed E-state index contributed by atoms with van der Waals surface area (Å²) in [7, 11) is 0. The molecule has 0 aliphatic rings. The van der Waals surface area contributed by atoms with Gasteiger partial charge in [-0.25, -0.2) is 0 Å². The highest BCUT2D eigenvalue weighted by molar-refractivity contribution is 6.05. The zero-order chi connectivity index (χ0) is 16.1. The van der Waals surface area contributed by atoms with Crippen LogP contribution in [0.15, 0.2) is 48.5 Å². The molecule has 0 bridgehead atoms. The monoisotopic (exact) mass is 295 g/mol. The van der Waals surface area contributed by atoms with Gasteiger partial charge in [0.05, 0.1) is 0 Å². The van der Waals surface area contributed by atoms with Gasteiger partial charge in [0.1, 0.15) is 0 Å². The molecule has 1 atom stereocenters. The molecule has 0 aromatic heterocycles. The van der Waals surface area contributed by atoms with Crippen molar-refractivity contribution in [2.24, 2.45) is 5.92 Å². The average Bonchev–Trinajstić information content (AvgIpc) is 2.47. The molecule has 0 heterocycles. The number of aryl methyl sites for hydroxylation is 1. The fourth-order valence-corrected chi connectivity index (χ4v) is 2.89. The van der Waals surface area contributed by atoms with Crippen LogP contribution >= 0.6 is 0 Å². The fourth-order valence-electron chi connectivity index (χ4n) is 2.89. The van der Waals surface area contributed by atoms with Crippen LogP contribution < -0.4 is 5.32 Å². The first kappa shape index (κ1) is 16.3. The Bertz CT molecular complexity index is 646. The van der Waals surface area contributed by atoms with Crippen LogP contribution in [-0.4, -0.2) is 5.91 Å². The Morgan fingerprint density at radius 1 is 1.00 bits per heavy atom. The van der Waals surface area contributed by atoms with Gasteiger partial charge in [-0.3, -0.25) is 4.79 Å². The first-order chi connectivity index (χ1) is 10.5. The lowest BCUT2D eigenvalue weighted by molar-refractivity contribution is 0.102. The van der Waals surface area contributed by atoms with E-state index in [0.29, 0.717) is 11.8 Å². The van der Waals surface area contributed by atoms with Gasteiger partial charge in [0, 0.05) is 11.3 Å². The Hall–Kier alpha value is -2.09. The van der Waals surface area contributed by atoms with E-state index in [0.717, 1.165) is 23.2 Å². The third kappa shape index (κ3) is 3.97. The Balaban J connectivity index is 2.23. The van der Waals surface area contributed by atoms with E-state index in [9.17, 15) is 4.79 Å². The largest absolute Gasteiger partial charge is 0.322 e. The van der Waals surface area contributed by atoms with E-state index in [1.807, 2.05) is 49.4 Å². The van der Waals surface area contributed by atoms with Crippen LogP contribution in [0.5, 0.6) is 0 Å². The molecule has 2 aromatic carbocycles. The molecule has 1 N–H and O–H groups in total. The minimum Gasteiger partial charge on any atom is -0.322 e. The van der Waals surface area contributed by atoms with E-state index in [1.165, 1.54) is 5.56 Å². The molecule has 1 amide bonds. The number of carbonyl (C=O) groups is 1. The average molecular weight is 295 g/mol. The second-order valence-corrected chi connectivity index (χ2v) is 6.39. The molecule has 0 saturated heterocycles. The van der Waals surface area contributed by atoms with Gasteiger partial charge in [-0.2, -0.15) is 0 Å². The predicted molar refractivity (Wildman–Crippen MR) is 93.4 cm³/mol. The number of benzene rings is 2. The van der Waals surface area contributed by atoms with Crippen molar-refractivity contribution in [3.05, 3.63) is 65.2 Å². The highest BCUT2D eigenvalue weighted by atomic mass is 16.1. The van der Waals surface area contributed by atoms with Crippen molar-refractivity contribution in [3.63, 3.8) is 0 Å². The van der Waals surface area contributed by atoms with Gasteiger partial charge in [-0.05, 0) is 48.4 Å². The van der Waals surface area contributed by atoms with Crippen LogP contribution in [0.4, 0.5) is 5.69 Å². The number of anilines is 1. The molecule has 116 valence electrons. The van der Waals surface area contributed by atoms with Crippen molar-refractivity contribution >= 4 is 11.6 Å². The van der Waals surface area contributed by atoms with Crippen LogP contribution in [-0.2, 0) is 0 Å². The van der Waals surface area contributed by atoms with Gasteiger partial charge < -0.3 is 5.32 Å². The van der Waals surface area contributed by atoms with E-state index in [4.69, 9.17) is 0 Å². The molecular weight excluding hydrogens is 270 g/mol. The van der Waals surface area contributed by atoms with Crippen LogP contribution in [0, 0.1) is 12.8 Å². The zero-order valence-corrected chi connectivity index (χ0v) is 13.9. The van der Waals surface area contributed by atoms with Crippen molar-refractivity contribution in [1.82, 2.24) is 0 Å². The van der Waals surface area contributed by atoms with Gasteiger partial charge in [-0.1, -0.05) is 57.2 Å². The third-order valence-corrected chi connectivity index (χ3v) is 3.95. The van der Waals surface area contributed by atoms with E-state index >= 15 is 0 Å². The number of hydrogen-bond donors (Lipinski definition) is 1. The van der Waals surface area contributed by atoms with Crippen LogP contribution in [0.2, 0.25) is 0 Å². The molecular formula is C20H25NO. The summed E-state index contributed by atoms with van der Waals surface area (Å²) in [4.78, 5) is 12.5. The molecule has 1 unspecified atom stereocenters. The molecule has 22 heavy (non-hydrogen) atoms. The van der Waals surface area contributed by atoms with Gasteiger partial charge in [0.2, 0.25) is 0 Å². The number of hydrogen-bond acceptors (Lipinski definition) is 1. The minimum atomic E-state index is -0.0395. The molecule has 0 aliphatic carbocycles. The SMILES string of the molecule is Cc1ccccc1C(=O)Nc1ccccc1C(C)CC(C)C. The predicted octanol–water partition coefficient (Wildman–Crippen LogP) is 5.40. The number of para-hydroxylation sites is 1. The van der Waals surface area contributed by atoms with Crippen molar-refractivity contribution in [1.29, 1.82) is 0 Å². The molecule has 0 radical (unpaired) electrons. The van der Waals surface area contributed by atoms with E-state index in [1.54, 1.807) is 0 Å². The Morgan fingerprint density at radius 3 is 2.32 bits per heavy atom. The molecule has 2 aromatic rings. The van der Waals surface area contributed by atoms with Crippen molar-refractivity contribution in [3.8, 4) is 0 Å². The summed E-state index contributed by atoms with van der Waals surface area (Å²) in [6, 6.07) is 15.8. The molecule has 0 saturated carbocycles. The Labute approximate surface area is 133 Å². The number of rotatable bonds is 5. The summed E-state index contributed by atoms with van der Waals surface area (Å²) >= 11 is 0. The van der Waals surface area contributed by atoms with Crippen molar-refractivity contribution < 1.29 is 4.79 Å². The lowest BCUT2D eigenvalue weighted by atomic mass is 9.91. The first-order valence-electron chi connectivity index (χ1n) is 7.95. The maximum absolute atomic E-state index is 12.5. The maximum atomic E-state index is 12.5. The molecule has 2 nitrogen and oxygen atoms in total. The van der Waals surface area contributed by atoms with Crippen LogP contribution in [0.1, 0.15) is 54.6 Å². The molecule has 0 aliphatic heterocycles. The fraction of sp³-hybridized carbons (Fsp3) is 0.350. The summed E-state index contributed by atoms with van der Waals surface area (Å²) in [5.74, 6) is 1.02. The first-order valence-corrected chi connectivity index (χ1v) is 7.95. The smallest absolute Gasteiger partial charge is 0.255 e. The molecule has 0 fully saturated rings. The summed E-state index contributed by atoms with van der Waals surface area (Å²) in [6.45, 7) is 8.64. The highest BCUT2D eigenvalue weighted by Gasteiger charge is 2.15. The summed E-state index contributed by atoms with van der Waals surface area (Å²) < 4.78 is 0. The van der Waals surface area contributed by atoms with Crippen molar-refractivity contribution in [2.75, 3.05) is 5.32 Å². The molecule has 0 spiro atoms. The third-order valence-electron chi connectivity index (χ3n) is 3.95. The Kier molecular flexibility index (Phi) is 5.37. The van der Waals surface area contributed by atoms with E-state index in [-0.39, 0.29) is 5.91 Å². The van der Waals surface area contributed by atoms with Crippen LogP contribution in [0.25, 0.3) is 0 Å². The second kappa shape index (κ2) is 7.26. The summed E-state index contributed by atoms with van der Waals surface area (Å²) in [5, 5.41) is 3.08. The van der Waals surface area contributed by atoms with Crippen LogP contribution in [0.3, 0.4) is 0 Å². The van der Waals surface area contributed by atoms with E-state index in [2.05, 4.69) is 32.2 Å².